The van der Waals surface area contributed by atoms with Gasteiger partial charge in [-0.2, -0.15) is 8.78 Å². The lowest BCUT2D eigenvalue weighted by atomic mass is 9.98. The molecule has 5 nitrogen and oxygen atoms in total. The zero-order valence-corrected chi connectivity index (χ0v) is 17.0. The van der Waals surface area contributed by atoms with E-state index in [9.17, 15) is 17.2 Å². The van der Waals surface area contributed by atoms with Crippen LogP contribution < -0.4 is 5.46 Å². The second kappa shape index (κ2) is 7.15. The highest BCUT2D eigenvalue weighted by atomic mass is 32.2. The van der Waals surface area contributed by atoms with Crippen LogP contribution in [-0.4, -0.2) is 36.6 Å². The second-order valence-electron chi connectivity index (χ2n) is 6.16. The first-order valence-electron chi connectivity index (χ1n) is 8.34. The van der Waals surface area contributed by atoms with E-state index >= 15 is 4.39 Å². The molecule has 28 heavy (non-hydrogen) atoms. The van der Waals surface area contributed by atoms with Gasteiger partial charge < -0.3 is 4.57 Å². The maximum Gasteiger partial charge on any atom is 0.285 e. The van der Waals surface area contributed by atoms with Gasteiger partial charge in [0.15, 0.2) is 15.7 Å². The van der Waals surface area contributed by atoms with E-state index < -0.39 is 21.3 Å². The quantitative estimate of drug-likeness (QED) is 0.466. The fraction of sp³-hybridized carbons (Fsp3) is 0.294. The molecule has 2 aliphatic rings. The number of hydrogen-bond donors (Lipinski definition) is 0. The van der Waals surface area contributed by atoms with Crippen molar-refractivity contribution in [2.75, 3.05) is 5.75 Å². The Morgan fingerprint density at radius 2 is 1.93 bits per heavy atom. The lowest BCUT2D eigenvalue weighted by molar-refractivity contribution is 0.103. The minimum absolute atomic E-state index is 0.00558. The molecule has 11 heteroatoms. The molecular weight excluding hydrogens is 409 g/mol. The molecule has 3 heterocycles. The van der Waals surface area contributed by atoms with Crippen LogP contribution in [0, 0.1) is 5.82 Å². The van der Waals surface area contributed by atoms with E-state index in [1.165, 1.54) is 33.0 Å². The molecule has 2 aliphatic heterocycles. The number of hydrogen-bond acceptors (Lipinski definition) is 4. The molecule has 1 aromatic rings. The molecule has 0 N–H and O–H groups in total. The molecule has 146 valence electrons. The largest absolute Gasteiger partial charge is 0.344 e. The topological polar surface area (TPSA) is 64.8 Å². The standard InChI is InChI=1S/C17H16BF3N3O2PS/c1-3-24-8-9(17(20,21)27)5-11-16(24)13(19)15(23-11)14-12(28(25,26)4-2)6-10(18)7-22-14/h5-8H,3-4,27H2,1-2H3. The first kappa shape index (κ1) is 20.8. The maximum atomic E-state index is 15.2. The summed E-state index contributed by atoms with van der Waals surface area (Å²) >= 11 is 0. The SMILES string of the molecule is [B]c1cnc(-c2nc3cc(C(F)(F)P)cn(CC)c-3c2F)c(S(=O)(=O)CC)c1. The lowest BCUT2D eigenvalue weighted by Gasteiger charge is -2.16. The van der Waals surface area contributed by atoms with Crippen LogP contribution in [0.1, 0.15) is 19.4 Å². The van der Waals surface area contributed by atoms with Crippen molar-refractivity contribution in [3.05, 3.63) is 35.9 Å². The highest BCUT2D eigenvalue weighted by molar-refractivity contribution is 7.91. The van der Waals surface area contributed by atoms with Gasteiger partial charge in [-0.05, 0) is 19.1 Å². The predicted molar refractivity (Wildman–Crippen MR) is 104 cm³/mol. The average Bonchev–Trinajstić information content (AvgIpc) is 2.97. The Morgan fingerprint density at radius 1 is 1.25 bits per heavy atom. The van der Waals surface area contributed by atoms with Crippen molar-refractivity contribution >= 4 is 32.4 Å². The van der Waals surface area contributed by atoms with Gasteiger partial charge in [0.1, 0.15) is 24.9 Å². The number of aromatic nitrogens is 3. The highest BCUT2D eigenvalue weighted by Crippen LogP contribution is 2.40. The molecule has 1 unspecified atom stereocenters. The normalized spacial score (nSPS) is 12.6. The summed E-state index contributed by atoms with van der Waals surface area (Å²) in [6.45, 7) is 3.32. The van der Waals surface area contributed by atoms with Crippen molar-refractivity contribution in [2.45, 2.75) is 31.0 Å². The second-order valence-corrected chi connectivity index (χ2v) is 9.14. The Morgan fingerprint density at radius 3 is 2.50 bits per heavy atom. The molecule has 1 aromatic heterocycles. The first-order valence-corrected chi connectivity index (χ1v) is 10.6. The van der Waals surface area contributed by atoms with Crippen LogP contribution in [0.15, 0.2) is 29.4 Å². The summed E-state index contributed by atoms with van der Waals surface area (Å²) in [6, 6.07) is 2.27. The molecule has 0 fully saturated rings. The summed E-state index contributed by atoms with van der Waals surface area (Å²) in [6.07, 6.45) is 2.34. The third kappa shape index (κ3) is 3.55. The van der Waals surface area contributed by atoms with E-state index in [2.05, 4.69) is 9.97 Å². The van der Waals surface area contributed by atoms with Gasteiger partial charge in [0.05, 0.1) is 16.3 Å². The summed E-state index contributed by atoms with van der Waals surface area (Å²) in [5, 5.41) is 0. The Bertz CT molecular complexity index is 1130. The molecule has 0 bridgehead atoms. The summed E-state index contributed by atoms with van der Waals surface area (Å²) in [7, 11) is 3.30. The number of rotatable bonds is 5. The number of sulfone groups is 1. The van der Waals surface area contributed by atoms with Gasteiger partial charge in [0, 0.05) is 24.5 Å². The molecule has 2 radical (unpaired) electrons. The van der Waals surface area contributed by atoms with Crippen molar-refractivity contribution in [1.82, 2.24) is 14.5 Å². The maximum absolute atomic E-state index is 15.2. The number of pyridine rings is 2. The Labute approximate surface area is 164 Å². The molecule has 0 saturated heterocycles. The van der Waals surface area contributed by atoms with Crippen LogP contribution in [0.2, 0.25) is 0 Å². The van der Waals surface area contributed by atoms with Gasteiger partial charge in [-0.1, -0.05) is 21.6 Å². The highest BCUT2D eigenvalue weighted by Gasteiger charge is 2.32. The third-order valence-corrected chi connectivity index (χ3v) is 6.38. The fourth-order valence-electron chi connectivity index (χ4n) is 2.86. The minimum atomic E-state index is -3.78. The van der Waals surface area contributed by atoms with Crippen LogP contribution >= 0.6 is 9.24 Å². The molecule has 0 aliphatic carbocycles. The van der Waals surface area contributed by atoms with Crippen molar-refractivity contribution in [3.63, 3.8) is 0 Å². The molecule has 0 spiro atoms. The van der Waals surface area contributed by atoms with E-state index in [0.29, 0.717) is 0 Å². The molecular formula is C17H16BF3N3O2PS. The van der Waals surface area contributed by atoms with Crippen molar-refractivity contribution in [1.29, 1.82) is 0 Å². The van der Waals surface area contributed by atoms with E-state index in [1.54, 1.807) is 6.92 Å². The summed E-state index contributed by atoms with van der Waals surface area (Å²) in [4.78, 5) is 7.82. The van der Waals surface area contributed by atoms with Gasteiger partial charge in [0.25, 0.3) is 5.66 Å². The van der Waals surface area contributed by atoms with Crippen LogP contribution in [0.5, 0.6) is 0 Å². The van der Waals surface area contributed by atoms with E-state index in [1.807, 2.05) is 0 Å². The van der Waals surface area contributed by atoms with Gasteiger partial charge in [-0.3, -0.25) is 4.98 Å². The van der Waals surface area contributed by atoms with Crippen LogP contribution in [-0.2, 0) is 22.0 Å². The molecule has 1 atom stereocenters. The minimum Gasteiger partial charge on any atom is -0.344 e. The zero-order chi connectivity index (χ0) is 20.9. The van der Waals surface area contributed by atoms with Crippen LogP contribution in [0.4, 0.5) is 13.2 Å². The Balaban J connectivity index is 2.36. The third-order valence-electron chi connectivity index (χ3n) is 4.30. The summed E-state index contributed by atoms with van der Waals surface area (Å²) < 4.78 is 68.9. The summed E-state index contributed by atoms with van der Waals surface area (Å²) in [5.74, 6) is -1.08. The average molecular weight is 425 g/mol. The number of nitrogens with zero attached hydrogens (tertiary/aromatic N) is 3. The number of alkyl halides is 2. The molecule has 0 saturated carbocycles. The number of halogens is 3. The fourth-order valence-corrected chi connectivity index (χ4v) is 4.09. The Kier molecular flexibility index (Phi) is 5.31. The van der Waals surface area contributed by atoms with Crippen LogP contribution in [0.25, 0.3) is 22.8 Å². The van der Waals surface area contributed by atoms with Crippen molar-refractivity contribution < 1.29 is 21.6 Å². The van der Waals surface area contributed by atoms with E-state index in [4.69, 9.17) is 7.85 Å². The van der Waals surface area contributed by atoms with Gasteiger partial charge in [-0.25, -0.2) is 17.8 Å². The van der Waals surface area contributed by atoms with E-state index in [-0.39, 0.29) is 51.0 Å². The lowest BCUT2D eigenvalue weighted by Crippen LogP contribution is -2.13. The van der Waals surface area contributed by atoms with Gasteiger partial charge >= 0.3 is 0 Å². The molecule has 0 aromatic carbocycles. The Hall–Kier alpha value is -1.93. The van der Waals surface area contributed by atoms with Crippen LogP contribution in [0.3, 0.4) is 0 Å². The van der Waals surface area contributed by atoms with E-state index in [0.717, 1.165) is 12.3 Å². The van der Waals surface area contributed by atoms with Crippen molar-refractivity contribution in [2.24, 2.45) is 0 Å². The number of fused-ring (bicyclic) bond motifs is 1. The predicted octanol–water partition coefficient (Wildman–Crippen LogP) is 2.72. The summed E-state index contributed by atoms with van der Waals surface area (Å²) in [5.41, 5.74) is -4.04. The smallest absolute Gasteiger partial charge is 0.285 e. The van der Waals surface area contributed by atoms with Crippen molar-refractivity contribution in [3.8, 4) is 22.8 Å². The first-order chi connectivity index (χ1) is 13.0. The monoisotopic (exact) mass is 425 g/mol. The molecule has 0 amide bonds. The zero-order valence-electron chi connectivity index (χ0n) is 15.1. The number of aryl methyl sites for hydroxylation is 1. The molecule has 3 rings (SSSR count). The van der Waals surface area contributed by atoms with Gasteiger partial charge in [0.2, 0.25) is 0 Å². The van der Waals surface area contributed by atoms with Gasteiger partial charge in [-0.15, -0.1) is 0 Å².